The molecule has 1 atom stereocenters. The van der Waals surface area contributed by atoms with Crippen molar-refractivity contribution in [1.29, 1.82) is 0 Å². The summed E-state index contributed by atoms with van der Waals surface area (Å²) in [7, 11) is 3.29. The van der Waals surface area contributed by atoms with Gasteiger partial charge in [0.25, 0.3) is 5.91 Å². The first-order valence-corrected chi connectivity index (χ1v) is 11.3. The van der Waals surface area contributed by atoms with E-state index < -0.39 is 0 Å². The predicted octanol–water partition coefficient (Wildman–Crippen LogP) is 4.91. The SMILES string of the molecule is COc1ccc(OC)c([C@H]2CCCN2C(=O)c2ccc(OCc3cn4ccccc4n3)cc2)c1. The molecule has 1 amide bonds. The molecule has 1 fully saturated rings. The quantitative estimate of drug-likeness (QED) is 0.395. The number of fused-ring (bicyclic) bond motifs is 1. The van der Waals surface area contributed by atoms with Crippen molar-refractivity contribution in [3.63, 3.8) is 0 Å². The second-order valence-electron chi connectivity index (χ2n) is 8.28. The van der Waals surface area contributed by atoms with Crippen molar-refractivity contribution in [3.05, 3.63) is 89.9 Å². The van der Waals surface area contributed by atoms with Crippen LogP contribution in [0.15, 0.2) is 73.1 Å². The first-order valence-electron chi connectivity index (χ1n) is 11.3. The molecular formula is C27H27N3O4. The summed E-state index contributed by atoms with van der Waals surface area (Å²) in [5.74, 6) is 2.21. The molecule has 5 rings (SSSR count). The summed E-state index contributed by atoms with van der Waals surface area (Å²) in [5.41, 5.74) is 3.34. The largest absolute Gasteiger partial charge is 0.497 e. The summed E-state index contributed by atoms with van der Waals surface area (Å²) in [4.78, 5) is 19.8. The molecule has 0 radical (unpaired) electrons. The molecule has 2 aromatic heterocycles. The van der Waals surface area contributed by atoms with E-state index in [-0.39, 0.29) is 11.9 Å². The van der Waals surface area contributed by atoms with Crippen LogP contribution < -0.4 is 14.2 Å². The Labute approximate surface area is 198 Å². The van der Waals surface area contributed by atoms with Crippen LogP contribution in [0.3, 0.4) is 0 Å². The molecule has 1 aliphatic rings. The normalized spacial score (nSPS) is 15.5. The van der Waals surface area contributed by atoms with Gasteiger partial charge in [0, 0.05) is 30.1 Å². The second kappa shape index (κ2) is 9.47. The molecule has 34 heavy (non-hydrogen) atoms. The van der Waals surface area contributed by atoms with Crippen LogP contribution in [0.25, 0.3) is 5.65 Å². The minimum absolute atomic E-state index is 0.000672. The molecule has 1 saturated heterocycles. The van der Waals surface area contributed by atoms with Crippen molar-refractivity contribution in [2.75, 3.05) is 20.8 Å². The van der Waals surface area contributed by atoms with E-state index in [9.17, 15) is 4.79 Å². The Balaban J connectivity index is 1.29. The number of methoxy groups -OCH3 is 2. The topological polar surface area (TPSA) is 65.3 Å². The fourth-order valence-electron chi connectivity index (χ4n) is 4.51. The van der Waals surface area contributed by atoms with Crippen LogP contribution in [0, 0.1) is 0 Å². The van der Waals surface area contributed by atoms with Crippen molar-refractivity contribution in [3.8, 4) is 17.2 Å². The molecular weight excluding hydrogens is 430 g/mol. The van der Waals surface area contributed by atoms with E-state index in [1.807, 2.05) is 82.4 Å². The first kappa shape index (κ1) is 21.8. The van der Waals surface area contributed by atoms with Gasteiger partial charge in [-0.25, -0.2) is 4.98 Å². The van der Waals surface area contributed by atoms with Gasteiger partial charge in [-0.3, -0.25) is 4.79 Å². The highest BCUT2D eigenvalue weighted by Gasteiger charge is 2.32. The van der Waals surface area contributed by atoms with Gasteiger partial charge < -0.3 is 23.5 Å². The smallest absolute Gasteiger partial charge is 0.254 e. The third kappa shape index (κ3) is 4.29. The van der Waals surface area contributed by atoms with Gasteiger partial charge in [-0.05, 0) is 67.4 Å². The number of imidazole rings is 1. The van der Waals surface area contributed by atoms with Gasteiger partial charge in [0.05, 0.1) is 26.0 Å². The number of aromatic nitrogens is 2. The third-order valence-electron chi connectivity index (χ3n) is 6.21. The molecule has 3 heterocycles. The summed E-state index contributed by atoms with van der Waals surface area (Å²) in [5, 5.41) is 0. The Morgan fingerprint density at radius 3 is 2.62 bits per heavy atom. The second-order valence-corrected chi connectivity index (χ2v) is 8.28. The average Bonchev–Trinajstić information content (AvgIpc) is 3.54. The molecule has 7 heteroatoms. The molecule has 174 valence electrons. The molecule has 0 N–H and O–H groups in total. The Morgan fingerprint density at radius 2 is 1.85 bits per heavy atom. The number of likely N-dealkylation sites (tertiary alicyclic amines) is 1. The van der Waals surface area contributed by atoms with Crippen LogP contribution in [0.1, 0.15) is 40.5 Å². The zero-order chi connectivity index (χ0) is 23.5. The van der Waals surface area contributed by atoms with E-state index >= 15 is 0 Å². The van der Waals surface area contributed by atoms with E-state index in [4.69, 9.17) is 14.2 Å². The average molecular weight is 458 g/mol. The van der Waals surface area contributed by atoms with Gasteiger partial charge in [0.2, 0.25) is 0 Å². The molecule has 4 aromatic rings. The molecule has 0 saturated carbocycles. The Hall–Kier alpha value is -4.00. The van der Waals surface area contributed by atoms with Crippen LogP contribution in [-0.4, -0.2) is 41.0 Å². The summed E-state index contributed by atoms with van der Waals surface area (Å²) in [6.07, 6.45) is 5.74. The number of pyridine rings is 1. The zero-order valence-corrected chi connectivity index (χ0v) is 19.3. The number of nitrogens with zero attached hydrogens (tertiary/aromatic N) is 3. The molecule has 0 unspecified atom stereocenters. The molecule has 0 aliphatic carbocycles. The number of benzene rings is 2. The van der Waals surface area contributed by atoms with E-state index in [1.165, 1.54) is 0 Å². The highest BCUT2D eigenvalue weighted by molar-refractivity contribution is 5.94. The van der Waals surface area contributed by atoms with Crippen LogP contribution in [0.5, 0.6) is 17.2 Å². The maximum Gasteiger partial charge on any atom is 0.254 e. The maximum atomic E-state index is 13.4. The maximum absolute atomic E-state index is 13.4. The standard InChI is InChI=1S/C27H27N3O4/c1-32-22-12-13-25(33-2)23(16-22)24-6-5-15-30(24)27(31)19-8-10-21(11-9-19)34-18-20-17-29-14-4-3-7-26(29)28-20/h3-4,7-14,16-17,24H,5-6,15,18H2,1-2H3/t24-/m1/s1. The fraction of sp³-hybridized carbons (Fsp3) is 0.259. The molecule has 7 nitrogen and oxygen atoms in total. The first-order chi connectivity index (χ1) is 16.7. The van der Waals surface area contributed by atoms with Crippen molar-refractivity contribution in [2.24, 2.45) is 0 Å². The third-order valence-corrected chi connectivity index (χ3v) is 6.21. The number of hydrogen-bond acceptors (Lipinski definition) is 5. The zero-order valence-electron chi connectivity index (χ0n) is 19.3. The lowest BCUT2D eigenvalue weighted by Gasteiger charge is -2.27. The summed E-state index contributed by atoms with van der Waals surface area (Å²) in [6.45, 7) is 1.06. The number of ether oxygens (including phenoxy) is 3. The Bertz CT molecular complexity index is 1270. The predicted molar refractivity (Wildman–Crippen MR) is 129 cm³/mol. The number of carbonyl (C=O) groups is 1. The number of hydrogen-bond donors (Lipinski definition) is 0. The van der Waals surface area contributed by atoms with Gasteiger partial charge in [-0.1, -0.05) is 6.07 Å². The van der Waals surface area contributed by atoms with Gasteiger partial charge >= 0.3 is 0 Å². The lowest BCUT2D eigenvalue weighted by atomic mass is 10.0. The minimum atomic E-state index is -0.0523. The molecule has 1 aliphatic heterocycles. The van der Waals surface area contributed by atoms with Crippen LogP contribution in [0.4, 0.5) is 0 Å². The van der Waals surface area contributed by atoms with Gasteiger partial charge in [0.1, 0.15) is 29.5 Å². The Morgan fingerprint density at radius 1 is 1.03 bits per heavy atom. The van der Waals surface area contributed by atoms with Gasteiger partial charge in [0.15, 0.2) is 0 Å². The Kier molecular flexibility index (Phi) is 6.08. The summed E-state index contributed by atoms with van der Waals surface area (Å²) in [6, 6.07) is 18.9. The molecule has 0 spiro atoms. The number of rotatable bonds is 7. The highest BCUT2D eigenvalue weighted by Crippen LogP contribution is 2.39. The van der Waals surface area contributed by atoms with Gasteiger partial charge in [-0.2, -0.15) is 0 Å². The summed E-state index contributed by atoms with van der Waals surface area (Å²) >= 11 is 0. The fourth-order valence-corrected chi connectivity index (χ4v) is 4.51. The van der Waals surface area contributed by atoms with Crippen molar-refractivity contribution in [1.82, 2.24) is 14.3 Å². The number of amides is 1. The molecule has 2 aromatic carbocycles. The van der Waals surface area contributed by atoms with Crippen molar-refractivity contribution >= 4 is 11.6 Å². The lowest BCUT2D eigenvalue weighted by Crippen LogP contribution is -2.30. The molecule has 0 bridgehead atoms. The monoisotopic (exact) mass is 457 g/mol. The van der Waals surface area contributed by atoms with Crippen LogP contribution in [-0.2, 0) is 6.61 Å². The van der Waals surface area contributed by atoms with Crippen molar-refractivity contribution in [2.45, 2.75) is 25.5 Å². The van der Waals surface area contributed by atoms with E-state index in [1.54, 1.807) is 14.2 Å². The highest BCUT2D eigenvalue weighted by atomic mass is 16.5. The number of carbonyl (C=O) groups excluding carboxylic acids is 1. The van der Waals surface area contributed by atoms with Crippen LogP contribution in [0.2, 0.25) is 0 Å². The van der Waals surface area contributed by atoms with E-state index in [2.05, 4.69) is 4.98 Å². The van der Waals surface area contributed by atoms with Crippen molar-refractivity contribution < 1.29 is 19.0 Å². The van der Waals surface area contributed by atoms with E-state index in [0.29, 0.717) is 24.5 Å². The summed E-state index contributed by atoms with van der Waals surface area (Å²) < 4.78 is 18.8. The minimum Gasteiger partial charge on any atom is -0.497 e. The van der Waals surface area contributed by atoms with E-state index in [0.717, 1.165) is 41.2 Å². The lowest BCUT2D eigenvalue weighted by molar-refractivity contribution is 0.0734. The van der Waals surface area contributed by atoms with Crippen LogP contribution >= 0.6 is 0 Å². The van der Waals surface area contributed by atoms with Gasteiger partial charge in [-0.15, -0.1) is 0 Å².